The number of carbonyl (C=O) groups is 3. The normalized spacial score (nSPS) is 20.7. The van der Waals surface area contributed by atoms with E-state index in [1.54, 1.807) is 32.9 Å². The van der Waals surface area contributed by atoms with E-state index in [1.165, 1.54) is 0 Å². The Morgan fingerprint density at radius 3 is 2.41 bits per heavy atom. The quantitative estimate of drug-likeness (QED) is 0.802. The first-order valence-electron chi connectivity index (χ1n) is 9.96. The Morgan fingerprint density at radius 1 is 1.07 bits per heavy atom. The molecule has 29 heavy (non-hydrogen) atoms. The zero-order valence-corrected chi connectivity index (χ0v) is 17.0. The van der Waals surface area contributed by atoms with Gasteiger partial charge in [-0.2, -0.15) is 0 Å². The van der Waals surface area contributed by atoms with Gasteiger partial charge in [0.25, 0.3) is 5.91 Å². The van der Waals surface area contributed by atoms with E-state index in [1.807, 2.05) is 57.2 Å². The second kappa shape index (κ2) is 7.03. The highest BCUT2D eigenvalue weighted by Gasteiger charge is 2.53. The third kappa shape index (κ3) is 2.99. The van der Waals surface area contributed by atoms with E-state index in [4.69, 9.17) is 0 Å². The molecule has 2 aliphatic rings. The van der Waals surface area contributed by atoms with E-state index in [2.05, 4.69) is 0 Å². The predicted molar refractivity (Wildman–Crippen MR) is 112 cm³/mol. The van der Waals surface area contributed by atoms with Crippen molar-refractivity contribution in [2.45, 2.75) is 45.3 Å². The molecule has 0 N–H and O–H groups in total. The van der Waals surface area contributed by atoms with Gasteiger partial charge in [-0.3, -0.25) is 19.3 Å². The van der Waals surface area contributed by atoms with E-state index < -0.39 is 5.66 Å². The van der Waals surface area contributed by atoms with Crippen LogP contribution in [0.15, 0.2) is 54.6 Å². The molecule has 2 aromatic carbocycles. The molecular weight excluding hydrogens is 366 g/mol. The molecule has 6 heteroatoms. The molecule has 1 atom stereocenters. The smallest absolute Gasteiger partial charge is 0.258 e. The molecule has 0 aliphatic carbocycles. The Balaban J connectivity index is 1.72. The summed E-state index contributed by atoms with van der Waals surface area (Å²) in [6.07, 6.45) is 0.863. The molecule has 0 unspecified atom stereocenters. The monoisotopic (exact) mass is 391 g/mol. The summed E-state index contributed by atoms with van der Waals surface area (Å²) in [5.41, 5.74) is 1.05. The maximum absolute atomic E-state index is 13.4. The van der Waals surface area contributed by atoms with Gasteiger partial charge in [0.2, 0.25) is 11.8 Å². The summed E-state index contributed by atoms with van der Waals surface area (Å²) in [6, 6.07) is 16.5. The van der Waals surface area contributed by atoms with Crippen LogP contribution in [0.25, 0.3) is 0 Å². The van der Waals surface area contributed by atoms with Crippen molar-refractivity contribution >= 4 is 29.1 Å². The van der Waals surface area contributed by atoms with Crippen LogP contribution in [0.5, 0.6) is 0 Å². The van der Waals surface area contributed by atoms with Gasteiger partial charge in [-0.25, -0.2) is 0 Å². The highest BCUT2D eigenvalue weighted by molar-refractivity contribution is 6.11. The Kier molecular flexibility index (Phi) is 4.65. The number of fused-ring (bicyclic) bond motifs is 3. The summed E-state index contributed by atoms with van der Waals surface area (Å²) in [4.78, 5) is 44.3. The molecule has 1 saturated heterocycles. The lowest BCUT2D eigenvalue weighted by Gasteiger charge is -2.48. The van der Waals surface area contributed by atoms with E-state index in [0.29, 0.717) is 24.1 Å². The molecule has 3 amide bonds. The summed E-state index contributed by atoms with van der Waals surface area (Å²) in [7, 11) is 0. The maximum Gasteiger partial charge on any atom is 0.258 e. The first-order valence-corrected chi connectivity index (χ1v) is 9.96. The van der Waals surface area contributed by atoms with E-state index in [0.717, 1.165) is 5.69 Å². The van der Waals surface area contributed by atoms with Crippen molar-refractivity contribution in [3.63, 3.8) is 0 Å². The highest BCUT2D eigenvalue weighted by Crippen LogP contribution is 2.44. The minimum absolute atomic E-state index is 0.0197. The van der Waals surface area contributed by atoms with Crippen molar-refractivity contribution in [3.8, 4) is 0 Å². The van der Waals surface area contributed by atoms with Crippen LogP contribution in [0.1, 0.15) is 44.0 Å². The fourth-order valence-electron chi connectivity index (χ4n) is 4.47. The SMILES string of the molecule is CC(C)N(C(=O)CN1C(=O)c2ccccc2N2C(=O)CC[C@]12C)c1ccccc1. The maximum atomic E-state index is 13.4. The molecule has 0 saturated carbocycles. The first-order chi connectivity index (χ1) is 13.8. The minimum atomic E-state index is -0.836. The van der Waals surface area contributed by atoms with Crippen LogP contribution < -0.4 is 9.80 Å². The molecule has 1 fully saturated rings. The lowest BCUT2D eigenvalue weighted by atomic mass is 9.98. The summed E-state index contributed by atoms with van der Waals surface area (Å²) < 4.78 is 0. The van der Waals surface area contributed by atoms with Crippen LogP contribution in [0, 0.1) is 0 Å². The van der Waals surface area contributed by atoms with Crippen molar-refractivity contribution in [2.24, 2.45) is 0 Å². The largest absolute Gasteiger partial charge is 0.308 e. The third-order valence-electron chi connectivity index (χ3n) is 5.86. The second-order valence-corrected chi connectivity index (χ2v) is 8.05. The van der Waals surface area contributed by atoms with Gasteiger partial charge < -0.3 is 9.80 Å². The van der Waals surface area contributed by atoms with Crippen LogP contribution in [-0.4, -0.2) is 40.9 Å². The Labute approximate surface area is 170 Å². The average Bonchev–Trinajstić information content (AvgIpc) is 3.01. The van der Waals surface area contributed by atoms with Gasteiger partial charge in [0.15, 0.2) is 0 Å². The Morgan fingerprint density at radius 2 is 1.72 bits per heavy atom. The van der Waals surface area contributed by atoms with Gasteiger partial charge in [-0.1, -0.05) is 30.3 Å². The molecule has 2 aliphatic heterocycles. The molecule has 0 radical (unpaired) electrons. The molecule has 2 heterocycles. The number of carbonyl (C=O) groups excluding carboxylic acids is 3. The first kappa shape index (κ1) is 19.2. The Hall–Kier alpha value is -3.15. The predicted octanol–water partition coefficient (Wildman–Crippen LogP) is 3.43. The zero-order valence-electron chi connectivity index (χ0n) is 17.0. The topological polar surface area (TPSA) is 60.9 Å². The number of amides is 3. The second-order valence-electron chi connectivity index (χ2n) is 8.05. The molecular formula is C23H25N3O3. The number of benzene rings is 2. The van der Waals surface area contributed by atoms with Crippen LogP contribution in [0.2, 0.25) is 0 Å². The van der Waals surface area contributed by atoms with Crippen molar-refractivity contribution in [2.75, 3.05) is 16.3 Å². The molecule has 0 aromatic heterocycles. The van der Waals surface area contributed by atoms with Gasteiger partial charge in [0.05, 0.1) is 11.3 Å². The molecule has 2 aromatic rings. The number of para-hydroxylation sites is 2. The highest BCUT2D eigenvalue weighted by atomic mass is 16.2. The van der Waals surface area contributed by atoms with E-state index in [-0.39, 0.29) is 30.3 Å². The van der Waals surface area contributed by atoms with Gasteiger partial charge in [-0.15, -0.1) is 0 Å². The van der Waals surface area contributed by atoms with Crippen LogP contribution >= 0.6 is 0 Å². The Bertz CT molecular complexity index is 972. The fraction of sp³-hybridized carbons (Fsp3) is 0.348. The average molecular weight is 391 g/mol. The molecule has 150 valence electrons. The standard InChI is InChI=1S/C23H25N3O3/c1-16(2)25(17-9-5-4-6-10-17)21(28)15-24-22(29)18-11-7-8-12-19(18)26-20(27)13-14-23(24,26)3/h4-12,16H,13-15H2,1-3H3/t23-/m1/s1. The number of hydrogen-bond donors (Lipinski definition) is 0. The van der Waals surface area contributed by atoms with Gasteiger partial charge >= 0.3 is 0 Å². The van der Waals surface area contributed by atoms with Crippen molar-refractivity contribution < 1.29 is 14.4 Å². The molecule has 4 rings (SSSR count). The van der Waals surface area contributed by atoms with Crippen LogP contribution in [-0.2, 0) is 9.59 Å². The summed E-state index contributed by atoms with van der Waals surface area (Å²) in [5.74, 6) is -0.396. The third-order valence-corrected chi connectivity index (χ3v) is 5.86. The summed E-state index contributed by atoms with van der Waals surface area (Å²) >= 11 is 0. The molecule has 0 spiro atoms. The molecule has 0 bridgehead atoms. The number of hydrogen-bond acceptors (Lipinski definition) is 3. The lowest BCUT2D eigenvalue weighted by Crippen LogP contribution is -2.64. The van der Waals surface area contributed by atoms with Gasteiger partial charge in [0, 0.05) is 18.2 Å². The van der Waals surface area contributed by atoms with Crippen molar-refractivity contribution in [1.29, 1.82) is 0 Å². The van der Waals surface area contributed by atoms with Crippen LogP contribution in [0.4, 0.5) is 11.4 Å². The van der Waals surface area contributed by atoms with Crippen LogP contribution in [0.3, 0.4) is 0 Å². The van der Waals surface area contributed by atoms with Crippen molar-refractivity contribution in [3.05, 3.63) is 60.2 Å². The summed E-state index contributed by atoms with van der Waals surface area (Å²) in [6.45, 7) is 5.69. The number of rotatable bonds is 4. The van der Waals surface area contributed by atoms with Crippen molar-refractivity contribution in [1.82, 2.24) is 4.90 Å². The molecule has 6 nitrogen and oxygen atoms in total. The van der Waals surface area contributed by atoms with Gasteiger partial charge in [-0.05, 0) is 51.5 Å². The van der Waals surface area contributed by atoms with E-state index in [9.17, 15) is 14.4 Å². The van der Waals surface area contributed by atoms with Gasteiger partial charge in [0.1, 0.15) is 12.2 Å². The fourth-order valence-corrected chi connectivity index (χ4v) is 4.47. The number of anilines is 2. The summed E-state index contributed by atoms with van der Waals surface area (Å²) in [5, 5.41) is 0. The zero-order chi connectivity index (χ0) is 20.8. The van der Waals surface area contributed by atoms with E-state index >= 15 is 0 Å². The number of nitrogens with zero attached hydrogens (tertiary/aromatic N) is 3. The minimum Gasteiger partial charge on any atom is -0.308 e. The lowest BCUT2D eigenvalue weighted by molar-refractivity contribution is -0.122.